The first-order valence-corrected chi connectivity index (χ1v) is 6.43. The van der Waals surface area contributed by atoms with Crippen molar-refractivity contribution in [3.63, 3.8) is 0 Å². The molecular weight excluding hydrogens is 230 g/mol. The lowest BCUT2D eigenvalue weighted by molar-refractivity contribution is 1.19. The molecule has 1 aromatic heterocycles. The molecule has 0 radical (unpaired) electrons. The first kappa shape index (κ1) is 10.4. The number of rotatable bonds is 1. The maximum Gasteiger partial charge on any atom is 0.134 e. The van der Waals surface area contributed by atoms with Crippen molar-refractivity contribution in [1.29, 1.82) is 0 Å². The highest BCUT2D eigenvalue weighted by Gasteiger charge is 2.16. The maximum absolute atomic E-state index is 6.05. The number of benzene rings is 1. The van der Waals surface area contributed by atoms with Gasteiger partial charge in [-0.3, -0.25) is 0 Å². The number of amidine groups is 1. The Hall–Kier alpha value is -1.81. The van der Waals surface area contributed by atoms with Crippen molar-refractivity contribution in [3.8, 4) is 0 Å². The van der Waals surface area contributed by atoms with Crippen molar-refractivity contribution in [2.45, 2.75) is 13.3 Å². The fraction of sp³-hybridized carbons (Fsp3) is 0.154. The molecule has 0 amide bonds. The minimum atomic E-state index is 0.591. The topological polar surface area (TPSA) is 50.4 Å². The highest BCUT2D eigenvalue weighted by Crippen LogP contribution is 2.37. The second-order valence-corrected chi connectivity index (χ2v) is 5.09. The van der Waals surface area contributed by atoms with Crippen molar-refractivity contribution in [2.24, 2.45) is 10.7 Å². The van der Waals surface area contributed by atoms with Crippen LogP contribution in [0, 0.1) is 0 Å². The first-order chi connectivity index (χ1) is 8.28. The van der Waals surface area contributed by atoms with Crippen LogP contribution in [0.1, 0.15) is 17.4 Å². The molecule has 3 rings (SSSR count). The molecule has 0 atom stereocenters. The quantitative estimate of drug-likeness (QED) is 0.806. The summed E-state index contributed by atoms with van der Waals surface area (Å²) in [4.78, 5) is 5.79. The summed E-state index contributed by atoms with van der Waals surface area (Å²) in [7, 11) is 0. The van der Waals surface area contributed by atoms with Gasteiger partial charge in [0.25, 0.3) is 0 Å². The third-order valence-electron chi connectivity index (χ3n) is 2.80. The number of aliphatic imine (C=N–C) groups is 1. The Labute approximate surface area is 104 Å². The Bertz CT molecular complexity index is 598. The van der Waals surface area contributed by atoms with Gasteiger partial charge in [-0.25, -0.2) is 4.99 Å². The average molecular weight is 243 g/mol. The van der Waals surface area contributed by atoms with E-state index in [0.29, 0.717) is 5.84 Å². The smallest absolute Gasteiger partial charge is 0.134 e. The van der Waals surface area contributed by atoms with E-state index in [4.69, 9.17) is 5.73 Å². The van der Waals surface area contributed by atoms with Gasteiger partial charge in [0.1, 0.15) is 10.8 Å². The van der Waals surface area contributed by atoms with E-state index in [1.807, 2.05) is 24.3 Å². The molecule has 1 aromatic carbocycles. The van der Waals surface area contributed by atoms with Crippen LogP contribution in [0.15, 0.2) is 35.3 Å². The molecule has 0 spiro atoms. The van der Waals surface area contributed by atoms with Gasteiger partial charge in [0, 0.05) is 4.88 Å². The second kappa shape index (κ2) is 3.89. The molecular formula is C13H13N3S. The number of nitrogens with one attached hydrogen (secondary N) is 1. The van der Waals surface area contributed by atoms with E-state index in [1.54, 1.807) is 11.3 Å². The van der Waals surface area contributed by atoms with Gasteiger partial charge < -0.3 is 11.1 Å². The van der Waals surface area contributed by atoms with Gasteiger partial charge in [0.05, 0.1) is 16.9 Å². The Kier molecular flexibility index (Phi) is 2.37. The number of fused-ring (bicyclic) bond motifs is 2. The van der Waals surface area contributed by atoms with E-state index in [2.05, 4.69) is 23.3 Å². The average Bonchev–Trinajstić information content (AvgIpc) is 2.69. The molecule has 0 aliphatic carbocycles. The molecule has 4 heteroatoms. The number of thiophene rings is 1. The molecule has 0 bridgehead atoms. The van der Waals surface area contributed by atoms with Crippen molar-refractivity contribution in [3.05, 3.63) is 40.8 Å². The lowest BCUT2D eigenvalue weighted by Gasteiger charge is -2.04. The Balaban J connectivity index is 2.18. The number of aryl methyl sites for hydroxylation is 1. The van der Waals surface area contributed by atoms with Crippen LogP contribution in [0.25, 0.3) is 0 Å². The summed E-state index contributed by atoms with van der Waals surface area (Å²) in [6.07, 6.45) is 1.02. The summed E-state index contributed by atoms with van der Waals surface area (Å²) in [5, 5.41) is 4.50. The summed E-state index contributed by atoms with van der Waals surface area (Å²) in [5.41, 5.74) is 8.97. The van der Waals surface area contributed by atoms with Crippen molar-refractivity contribution >= 4 is 33.5 Å². The van der Waals surface area contributed by atoms with Crippen molar-refractivity contribution < 1.29 is 0 Å². The Morgan fingerprint density at radius 1 is 1.35 bits per heavy atom. The van der Waals surface area contributed by atoms with E-state index >= 15 is 0 Å². The Morgan fingerprint density at radius 2 is 2.18 bits per heavy atom. The molecule has 0 unspecified atom stereocenters. The number of anilines is 2. The predicted molar refractivity (Wildman–Crippen MR) is 73.8 cm³/mol. The summed E-state index contributed by atoms with van der Waals surface area (Å²) >= 11 is 1.74. The standard InChI is InChI=1S/C13H13N3S/c1-2-8-7-9-12(14)15-10-5-3-4-6-11(10)16-13(9)17-8/h3-7,16H,2H2,1H3,(H2,14,15). The zero-order valence-electron chi connectivity index (χ0n) is 9.53. The monoisotopic (exact) mass is 243 g/mol. The van der Waals surface area contributed by atoms with Crippen LogP contribution in [0.2, 0.25) is 0 Å². The highest BCUT2D eigenvalue weighted by molar-refractivity contribution is 7.16. The zero-order valence-corrected chi connectivity index (χ0v) is 10.3. The molecule has 86 valence electrons. The summed E-state index contributed by atoms with van der Waals surface area (Å²) in [6.45, 7) is 2.15. The largest absolute Gasteiger partial charge is 0.383 e. The normalized spacial score (nSPS) is 13.1. The van der Waals surface area contributed by atoms with Crippen molar-refractivity contribution in [1.82, 2.24) is 0 Å². The number of hydrogen-bond donors (Lipinski definition) is 2. The van der Waals surface area contributed by atoms with E-state index in [9.17, 15) is 0 Å². The van der Waals surface area contributed by atoms with Gasteiger partial charge in [-0.05, 0) is 24.6 Å². The molecule has 17 heavy (non-hydrogen) atoms. The number of para-hydroxylation sites is 2. The van der Waals surface area contributed by atoms with Crippen LogP contribution in [-0.2, 0) is 6.42 Å². The van der Waals surface area contributed by atoms with Crippen LogP contribution in [-0.4, -0.2) is 5.84 Å². The van der Waals surface area contributed by atoms with Crippen LogP contribution in [0.3, 0.4) is 0 Å². The van der Waals surface area contributed by atoms with Gasteiger partial charge in [0.15, 0.2) is 0 Å². The summed E-state index contributed by atoms with van der Waals surface area (Å²) < 4.78 is 0. The van der Waals surface area contributed by atoms with Gasteiger partial charge in [0.2, 0.25) is 0 Å². The fourth-order valence-electron chi connectivity index (χ4n) is 1.89. The van der Waals surface area contributed by atoms with Crippen LogP contribution >= 0.6 is 11.3 Å². The lowest BCUT2D eigenvalue weighted by atomic mass is 10.2. The van der Waals surface area contributed by atoms with E-state index in [-0.39, 0.29) is 0 Å². The molecule has 1 aliphatic heterocycles. The molecule has 2 aromatic rings. The number of nitrogens with two attached hydrogens (primary N) is 1. The van der Waals surface area contributed by atoms with Crippen LogP contribution in [0.5, 0.6) is 0 Å². The molecule has 0 saturated carbocycles. The number of hydrogen-bond acceptors (Lipinski definition) is 4. The van der Waals surface area contributed by atoms with Gasteiger partial charge in [-0.15, -0.1) is 11.3 Å². The minimum Gasteiger partial charge on any atom is -0.383 e. The van der Waals surface area contributed by atoms with Crippen LogP contribution < -0.4 is 11.1 Å². The molecule has 0 fully saturated rings. The first-order valence-electron chi connectivity index (χ1n) is 5.61. The Morgan fingerprint density at radius 3 is 3.00 bits per heavy atom. The fourth-order valence-corrected chi connectivity index (χ4v) is 2.91. The summed E-state index contributed by atoms with van der Waals surface area (Å²) in [6, 6.07) is 10.1. The zero-order chi connectivity index (χ0) is 11.8. The minimum absolute atomic E-state index is 0.591. The van der Waals surface area contributed by atoms with E-state index < -0.39 is 0 Å². The third kappa shape index (κ3) is 1.70. The molecule has 1 aliphatic rings. The molecule has 0 saturated heterocycles. The lowest BCUT2D eigenvalue weighted by Crippen LogP contribution is -2.11. The second-order valence-electron chi connectivity index (χ2n) is 3.95. The van der Waals surface area contributed by atoms with Gasteiger partial charge in [-0.2, -0.15) is 0 Å². The van der Waals surface area contributed by atoms with Crippen LogP contribution in [0.4, 0.5) is 16.4 Å². The SMILES string of the molecule is CCc1cc2c(s1)Nc1ccccc1N=C2N. The number of nitrogens with zero attached hydrogens (tertiary/aromatic N) is 1. The summed E-state index contributed by atoms with van der Waals surface area (Å²) in [5.74, 6) is 0.591. The molecule has 3 nitrogen and oxygen atoms in total. The predicted octanol–water partition coefficient (Wildman–Crippen LogP) is 3.40. The molecule has 2 heterocycles. The van der Waals surface area contributed by atoms with E-state index in [1.165, 1.54) is 4.88 Å². The van der Waals surface area contributed by atoms with Gasteiger partial charge in [-0.1, -0.05) is 19.1 Å². The van der Waals surface area contributed by atoms with E-state index in [0.717, 1.165) is 28.4 Å². The third-order valence-corrected chi connectivity index (χ3v) is 4.00. The molecule has 3 N–H and O–H groups in total. The maximum atomic E-state index is 6.05. The van der Waals surface area contributed by atoms with Gasteiger partial charge >= 0.3 is 0 Å². The highest BCUT2D eigenvalue weighted by atomic mass is 32.1. The van der Waals surface area contributed by atoms with Crippen molar-refractivity contribution in [2.75, 3.05) is 5.32 Å².